The fourth-order valence-corrected chi connectivity index (χ4v) is 11.4. The fraction of sp³-hybridized carbons (Fsp3) is 0.868. The van der Waals surface area contributed by atoms with E-state index < -0.39 is 12.1 Å². The van der Waals surface area contributed by atoms with Gasteiger partial charge in [-0.25, -0.2) is 0 Å². The maximum Gasteiger partial charge on any atom is 0.305 e. The molecule has 0 aromatic carbocycles. The van der Waals surface area contributed by atoms with E-state index in [2.05, 4.69) is 55.6 Å². The van der Waals surface area contributed by atoms with E-state index in [9.17, 15) is 19.8 Å². The molecular formula is C76H143NO5. The van der Waals surface area contributed by atoms with E-state index in [0.29, 0.717) is 19.4 Å². The molecule has 2 atom stereocenters. The Morgan fingerprint density at radius 1 is 0.341 bits per heavy atom. The molecule has 0 saturated heterocycles. The lowest BCUT2D eigenvalue weighted by atomic mass is 10.0. The first-order chi connectivity index (χ1) is 40.5. The molecule has 82 heavy (non-hydrogen) atoms. The van der Waals surface area contributed by atoms with Gasteiger partial charge in [-0.15, -0.1) is 0 Å². The summed E-state index contributed by atoms with van der Waals surface area (Å²) in [7, 11) is 0. The molecule has 0 aromatic heterocycles. The van der Waals surface area contributed by atoms with Crippen LogP contribution in [0.3, 0.4) is 0 Å². The molecule has 2 unspecified atom stereocenters. The third kappa shape index (κ3) is 67.0. The number of unbranched alkanes of at least 4 members (excludes halogenated alkanes) is 52. The van der Waals surface area contributed by atoms with E-state index in [4.69, 9.17) is 4.74 Å². The van der Waals surface area contributed by atoms with Crippen LogP contribution in [0, 0.1) is 0 Å². The zero-order valence-corrected chi connectivity index (χ0v) is 55.2. The Morgan fingerprint density at radius 3 is 0.988 bits per heavy atom. The highest BCUT2D eigenvalue weighted by atomic mass is 16.5. The number of ether oxygens (including phenoxy) is 1. The normalized spacial score (nSPS) is 12.8. The van der Waals surface area contributed by atoms with Gasteiger partial charge in [0.2, 0.25) is 5.91 Å². The molecule has 6 heteroatoms. The van der Waals surface area contributed by atoms with Crippen molar-refractivity contribution >= 4 is 11.9 Å². The summed E-state index contributed by atoms with van der Waals surface area (Å²) in [5.41, 5.74) is 0. The van der Waals surface area contributed by atoms with Crippen molar-refractivity contribution in [3.05, 3.63) is 48.6 Å². The van der Waals surface area contributed by atoms with Crippen LogP contribution in [0.4, 0.5) is 0 Å². The van der Waals surface area contributed by atoms with Crippen molar-refractivity contribution in [2.45, 2.75) is 411 Å². The topological polar surface area (TPSA) is 95.9 Å². The molecule has 0 rings (SSSR count). The Hall–Kier alpha value is -2.18. The molecule has 0 bridgehead atoms. The summed E-state index contributed by atoms with van der Waals surface area (Å²) in [4.78, 5) is 24.6. The maximum absolute atomic E-state index is 12.5. The van der Waals surface area contributed by atoms with Crippen LogP contribution in [0.15, 0.2) is 48.6 Å². The molecule has 0 fully saturated rings. The molecule has 0 aromatic rings. The van der Waals surface area contributed by atoms with Gasteiger partial charge < -0.3 is 20.3 Å². The van der Waals surface area contributed by atoms with E-state index in [-0.39, 0.29) is 18.5 Å². The summed E-state index contributed by atoms with van der Waals surface area (Å²) in [5.74, 6) is -0.0612. The van der Waals surface area contributed by atoms with Gasteiger partial charge in [-0.05, 0) is 83.5 Å². The lowest BCUT2D eigenvalue weighted by molar-refractivity contribution is -0.143. The Morgan fingerprint density at radius 2 is 0.634 bits per heavy atom. The van der Waals surface area contributed by atoms with Crippen LogP contribution in [0.25, 0.3) is 0 Å². The predicted octanol–water partition coefficient (Wildman–Crippen LogP) is 24.0. The van der Waals surface area contributed by atoms with Gasteiger partial charge in [0.15, 0.2) is 0 Å². The standard InChI is InChI=1S/C76H143NO5/c1-3-5-7-9-11-13-15-17-18-19-20-21-32-35-38-41-45-48-52-56-60-64-68-74(79)73(72-78)77-75(80)69-65-61-57-53-49-46-42-39-36-33-30-28-26-24-22-23-25-27-29-31-34-37-40-43-47-51-55-59-63-67-71-82-76(81)70-66-62-58-54-50-44-16-14-12-10-8-6-4-2/h8,10,14,16,23,25,64,68,73-74,78-79H,3-7,9,11-13,15,17-22,24,26-63,65-67,69-72H2,1-2H3,(H,77,80)/b10-8-,16-14-,25-23-,68-64+. The molecule has 0 heterocycles. The number of esters is 1. The first-order valence-corrected chi connectivity index (χ1v) is 36.9. The molecule has 0 aliphatic carbocycles. The van der Waals surface area contributed by atoms with Gasteiger partial charge in [0.1, 0.15) is 0 Å². The van der Waals surface area contributed by atoms with E-state index in [0.717, 1.165) is 51.4 Å². The highest BCUT2D eigenvalue weighted by molar-refractivity contribution is 5.76. The van der Waals surface area contributed by atoms with Gasteiger partial charge in [-0.2, -0.15) is 0 Å². The van der Waals surface area contributed by atoms with E-state index in [1.807, 2.05) is 6.08 Å². The molecule has 1 amide bonds. The second-order valence-corrected chi connectivity index (χ2v) is 25.3. The number of aliphatic hydroxyl groups is 2. The summed E-state index contributed by atoms with van der Waals surface area (Å²) >= 11 is 0. The third-order valence-corrected chi connectivity index (χ3v) is 17.0. The quantitative estimate of drug-likeness (QED) is 0.0320. The van der Waals surface area contributed by atoms with Crippen molar-refractivity contribution < 1.29 is 24.5 Å². The van der Waals surface area contributed by atoms with Gasteiger partial charge >= 0.3 is 5.97 Å². The van der Waals surface area contributed by atoms with E-state index >= 15 is 0 Å². The van der Waals surface area contributed by atoms with Crippen molar-refractivity contribution in [3.63, 3.8) is 0 Å². The smallest absolute Gasteiger partial charge is 0.305 e. The molecule has 0 aliphatic rings. The first kappa shape index (κ1) is 79.8. The van der Waals surface area contributed by atoms with Crippen LogP contribution < -0.4 is 5.32 Å². The molecule has 6 nitrogen and oxygen atoms in total. The van der Waals surface area contributed by atoms with Crippen LogP contribution in [-0.4, -0.2) is 47.4 Å². The second-order valence-electron chi connectivity index (χ2n) is 25.3. The number of carbonyl (C=O) groups excluding carboxylic acids is 2. The zero-order valence-electron chi connectivity index (χ0n) is 55.2. The minimum absolute atomic E-state index is 0.00158. The molecule has 482 valence electrons. The average Bonchev–Trinajstić information content (AvgIpc) is 3.48. The molecule has 0 saturated carbocycles. The van der Waals surface area contributed by atoms with E-state index in [1.165, 1.54) is 321 Å². The van der Waals surface area contributed by atoms with Crippen molar-refractivity contribution in [1.82, 2.24) is 5.32 Å². The van der Waals surface area contributed by atoms with Gasteiger partial charge in [-0.3, -0.25) is 9.59 Å². The third-order valence-electron chi connectivity index (χ3n) is 17.0. The highest BCUT2D eigenvalue weighted by Gasteiger charge is 2.18. The largest absolute Gasteiger partial charge is 0.466 e. The van der Waals surface area contributed by atoms with Crippen molar-refractivity contribution in [2.75, 3.05) is 13.2 Å². The highest BCUT2D eigenvalue weighted by Crippen LogP contribution is 2.19. The zero-order chi connectivity index (χ0) is 59.2. The number of hydrogen-bond acceptors (Lipinski definition) is 5. The van der Waals surface area contributed by atoms with E-state index in [1.54, 1.807) is 6.08 Å². The lowest BCUT2D eigenvalue weighted by Crippen LogP contribution is -2.45. The van der Waals surface area contributed by atoms with Gasteiger partial charge in [0, 0.05) is 12.8 Å². The number of rotatable bonds is 69. The summed E-state index contributed by atoms with van der Waals surface area (Å²) in [5, 5.41) is 23.3. The van der Waals surface area contributed by atoms with Crippen molar-refractivity contribution in [3.8, 4) is 0 Å². The number of aliphatic hydroxyl groups excluding tert-OH is 2. The average molecular weight is 1150 g/mol. The number of amides is 1. The second kappa shape index (κ2) is 71.3. The molecule has 0 radical (unpaired) electrons. The summed E-state index contributed by atoms with van der Waals surface area (Å²) in [6, 6.07) is -0.629. The number of carbonyl (C=O) groups is 2. The van der Waals surface area contributed by atoms with Crippen LogP contribution in [0.5, 0.6) is 0 Å². The fourth-order valence-electron chi connectivity index (χ4n) is 11.4. The number of allylic oxidation sites excluding steroid dienone is 7. The summed E-state index contributed by atoms with van der Waals surface area (Å²) < 4.78 is 5.48. The molecule has 0 aliphatic heterocycles. The Kier molecular flexibility index (Phi) is 69.4. The molecular weight excluding hydrogens is 1010 g/mol. The number of nitrogens with one attached hydrogen (secondary N) is 1. The predicted molar refractivity (Wildman–Crippen MR) is 361 cm³/mol. The van der Waals surface area contributed by atoms with Crippen molar-refractivity contribution in [2.24, 2.45) is 0 Å². The van der Waals surface area contributed by atoms with Crippen molar-refractivity contribution in [1.29, 1.82) is 0 Å². The maximum atomic E-state index is 12.5. The van der Waals surface area contributed by atoms with Crippen LogP contribution in [-0.2, 0) is 14.3 Å². The SMILES string of the molecule is CCC/C=C\C/C=C\CCCCCCCC(=O)OCCCCCCCCCCCCCC/C=C\CCCCCCCCCCCCCCCCC(=O)NC(CO)C(O)/C=C/CCCCCCCCCCCCCCCCCCCCCC. The van der Waals surface area contributed by atoms with Gasteiger partial charge in [0.25, 0.3) is 0 Å². The monoisotopic (exact) mass is 1150 g/mol. The Labute approximate surface area is 512 Å². The van der Waals surface area contributed by atoms with Crippen LogP contribution >= 0.6 is 0 Å². The molecule has 0 spiro atoms. The van der Waals surface area contributed by atoms with Crippen LogP contribution in [0.2, 0.25) is 0 Å². The van der Waals surface area contributed by atoms with Crippen LogP contribution in [0.1, 0.15) is 399 Å². The first-order valence-electron chi connectivity index (χ1n) is 36.9. The Bertz CT molecular complexity index is 1370. The lowest BCUT2D eigenvalue weighted by Gasteiger charge is -2.20. The minimum atomic E-state index is -0.845. The van der Waals surface area contributed by atoms with Gasteiger partial charge in [0.05, 0.1) is 25.4 Å². The Balaban J connectivity index is 3.40. The molecule has 3 N–H and O–H groups in total. The minimum Gasteiger partial charge on any atom is -0.466 e. The summed E-state index contributed by atoms with van der Waals surface area (Å²) in [6.07, 6.45) is 93.5. The van der Waals surface area contributed by atoms with Gasteiger partial charge in [-0.1, -0.05) is 351 Å². The number of hydrogen-bond donors (Lipinski definition) is 3. The summed E-state index contributed by atoms with van der Waals surface area (Å²) in [6.45, 7) is 4.87.